The Balaban J connectivity index is 1.77. The molecule has 0 aromatic carbocycles. The molecule has 5 nitrogen and oxygen atoms in total. The highest BCUT2D eigenvalue weighted by Gasteiger charge is 2.22. The van der Waals surface area contributed by atoms with Gasteiger partial charge in [0.1, 0.15) is 0 Å². The number of aromatic nitrogens is 2. The summed E-state index contributed by atoms with van der Waals surface area (Å²) in [6.45, 7) is 3.18. The third-order valence-corrected chi connectivity index (χ3v) is 3.56. The van der Waals surface area contributed by atoms with E-state index in [9.17, 15) is 4.79 Å². The van der Waals surface area contributed by atoms with Gasteiger partial charge in [-0.1, -0.05) is 0 Å². The Hall–Kier alpha value is -1.36. The van der Waals surface area contributed by atoms with Gasteiger partial charge in [0, 0.05) is 38.4 Å². The number of hydrogen-bond donors (Lipinski definition) is 1. The quantitative estimate of drug-likeness (QED) is 0.843. The Morgan fingerprint density at radius 1 is 1.50 bits per heavy atom. The Morgan fingerprint density at radius 2 is 2.39 bits per heavy atom. The van der Waals surface area contributed by atoms with E-state index >= 15 is 0 Å². The number of carbonyl (C=O) groups excluding carboxylic acids is 1. The standard InChI is InChI=1S/C13H22N4O/c14-6-4-12-3-1-8-16(11-12)13(18)5-10-17-9-2-7-15-17/h2,7,9,12H,1,3-6,8,10-11,14H2. The molecule has 1 saturated heterocycles. The first-order valence-corrected chi connectivity index (χ1v) is 6.75. The van der Waals surface area contributed by atoms with E-state index in [1.165, 1.54) is 6.42 Å². The molecule has 0 saturated carbocycles. The van der Waals surface area contributed by atoms with Crippen LogP contribution in [0, 0.1) is 5.92 Å². The van der Waals surface area contributed by atoms with Gasteiger partial charge in [-0.05, 0) is 37.8 Å². The maximum atomic E-state index is 12.1. The molecule has 1 aliphatic rings. The minimum Gasteiger partial charge on any atom is -0.342 e. The summed E-state index contributed by atoms with van der Waals surface area (Å²) >= 11 is 0. The number of likely N-dealkylation sites (tertiary alicyclic amines) is 1. The molecule has 1 aromatic rings. The van der Waals surface area contributed by atoms with Crippen molar-refractivity contribution in [1.29, 1.82) is 0 Å². The molecule has 1 aliphatic heterocycles. The second-order valence-electron chi connectivity index (χ2n) is 4.94. The van der Waals surface area contributed by atoms with Gasteiger partial charge in [0.2, 0.25) is 5.91 Å². The van der Waals surface area contributed by atoms with Crippen LogP contribution in [0.25, 0.3) is 0 Å². The molecular formula is C13H22N4O. The summed E-state index contributed by atoms with van der Waals surface area (Å²) in [5, 5.41) is 4.11. The zero-order valence-corrected chi connectivity index (χ0v) is 10.8. The average molecular weight is 250 g/mol. The van der Waals surface area contributed by atoms with Gasteiger partial charge < -0.3 is 10.6 Å². The predicted molar refractivity (Wildman–Crippen MR) is 69.8 cm³/mol. The average Bonchev–Trinajstić information content (AvgIpc) is 2.90. The molecule has 1 atom stereocenters. The summed E-state index contributed by atoms with van der Waals surface area (Å²) in [5.74, 6) is 0.838. The molecule has 18 heavy (non-hydrogen) atoms. The third-order valence-electron chi connectivity index (χ3n) is 3.56. The first-order chi connectivity index (χ1) is 8.79. The zero-order valence-electron chi connectivity index (χ0n) is 10.8. The number of rotatable bonds is 5. The summed E-state index contributed by atoms with van der Waals surface area (Å²) in [6, 6.07) is 1.88. The van der Waals surface area contributed by atoms with Crippen molar-refractivity contribution in [3.8, 4) is 0 Å². The van der Waals surface area contributed by atoms with Crippen molar-refractivity contribution in [3.05, 3.63) is 18.5 Å². The van der Waals surface area contributed by atoms with Crippen molar-refractivity contribution >= 4 is 5.91 Å². The van der Waals surface area contributed by atoms with E-state index in [2.05, 4.69) is 5.10 Å². The minimum absolute atomic E-state index is 0.243. The van der Waals surface area contributed by atoms with Gasteiger partial charge in [-0.3, -0.25) is 9.48 Å². The fourth-order valence-corrected chi connectivity index (χ4v) is 2.56. The molecule has 2 heterocycles. The van der Waals surface area contributed by atoms with Crippen LogP contribution >= 0.6 is 0 Å². The van der Waals surface area contributed by atoms with Crippen LogP contribution < -0.4 is 5.73 Å². The lowest BCUT2D eigenvalue weighted by Crippen LogP contribution is -2.40. The molecule has 1 unspecified atom stereocenters. The predicted octanol–water partition coefficient (Wildman–Crippen LogP) is 0.861. The van der Waals surface area contributed by atoms with Crippen LogP contribution in [0.4, 0.5) is 0 Å². The normalized spacial score (nSPS) is 20.1. The number of nitrogens with zero attached hydrogens (tertiary/aromatic N) is 3. The molecule has 0 spiro atoms. The van der Waals surface area contributed by atoms with Gasteiger partial charge in [0.15, 0.2) is 0 Å². The summed E-state index contributed by atoms with van der Waals surface area (Å²) in [7, 11) is 0. The number of aryl methyl sites for hydroxylation is 1. The van der Waals surface area contributed by atoms with E-state index in [1.807, 2.05) is 17.2 Å². The van der Waals surface area contributed by atoms with Crippen molar-refractivity contribution < 1.29 is 4.79 Å². The first kappa shape index (κ1) is 13.1. The van der Waals surface area contributed by atoms with Crippen LogP contribution in [0.3, 0.4) is 0 Å². The van der Waals surface area contributed by atoms with E-state index in [0.717, 1.165) is 32.5 Å². The molecule has 100 valence electrons. The monoisotopic (exact) mass is 250 g/mol. The number of carbonyl (C=O) groups is 1. The van der Waals surface area contributed by atoms with Crippen LogP contribution in [0.5, 0.6) is 0 Å². The van der Waals surface area contributed by atoms with Gasteiger partial charge in [-0.2, -0.15) is 5.10 Å². The van der Waals surface area contributed by atoms with E-state index in [1.54, 1.807) is 10.9 Å². The minimum atomic E-state index is 0.243. The van der Waals surface area contributed by atoms with Gasteiger partial charge in [-0.15, -0.1) is 0 Å². The van der Waals surface area contributed by atoms with E-state index in [4.69, 9.17) is 5.73 Å². The SMILES string of the molecule is NCCC1CCCN(C(=O)CCn2cccn2)C1. The molecule has 2 rings (SSSR count). The van der Waals surface area contributed by atoms with Gasteiger partial charge >= 0.3 is 0 Å². The molecule has 0 aliphatic carbocycles. The Bertz CT molecular complexity index is 361. The highest BCUT2D eigenvalue weighted by molar-refractivity contribution is 5.76. The van der Waals surface area contributed by atoms with Gasteiger partial charge in [0.25, 0.3) is 0 Å². The van der Waals surface area contributed by atoms with Crippen LogP contribution in [-0.4, -0.2) is 40.2 Å². The number of hydrogen-bond acceptors (Lipinski definition) is 3. The summed E-state index contributed by atoms with van der Waals surface area (Å²) < 4.78 is 1.80. The second kappa shape index (κ2) is 6.54. The second-order valence-corrected chi connectivity index (χ2v) is 4.94. The van der Waals surface area contributed by atoms with Crippen LogP contribution in [-0.2, 0) is 11.3 Å². The van der Waals surface area contributed by atoms with Crippen molar-refractivity contribution in [2.45, 2.75) is 32.2 Å². The maximum absolute atomic E-state index is 12.1. The van der Waals surface area contributed by atoms with E-state index < -0.39 is 0 Å². The smallest absolute Gasteiger partial charge is 0.224 e. The highest BCUT2D eigenvalue weighted by atomic mass is 16.2. The Kier molecular flexibility index (Phi) is 4.75. The maximum Gasteiger partial charge on any atom is 0.224 e. The largest absolute Gasteiger partial charge is 0.342 e. The Morgan fingerprint density at radius 3 is 3.11 bits per heavy atom. The zero-order chi connectivity index (χ0) is 12.8. The molecule has 0 bridgehead atoms. The first-order valence-electron chi connectivity index (χ1n) is 6.75. The van der Waals surface area contributed by atoms with Crippen molar-refractivity contribution in [2.24, 2.45) is 11.7 Å². The summed E-state index contributed by atoms with van der Waals surface area (Å²) in [5.41, 5.74) is 5.59. The van der Waals surface area contributed by atoms with Crippen molar-refractivity contribution in [2.75, 3.05) is 19.6 Å². The fraction of sp³-hybridized carbons (Fsp3) is 0.692. The molecule has 5 heteroatoms. The van der Waals surface area contributed by atoms with Crippen LogP contribution in [0.1, 0.15) is 25.7 Å². The molecule has 1 fully saturated rings. The molecule has 0 radical (unpaired) electrons. The lowest BCUT2D eigenvalue weighted by Gasteiger charge is -2.32. The number of nitrogens with two attached hydrogens (primary N) is 1. The lowest BCUT2D eigenvalue weighted by molar-refractivity contribution is -0.133. The molecule has 1 amide bonds. The van der Waals surface area contributed by atoms with Gasteiger partial charge in [-0.25, -0.2) is 0 Å². The Labute approximate surface area is 108 Å². The highest BCUT2D eigenvalue weighted by Crippen LogP contribution is 2.19. The third kappa shape index (κ3) is 3.57. The van der Waals surface area contributed by atoms with Crippen LogP contribution in [0.2, 0.25) is 0 Å². The van der Waals surface area contributed by atoms with E-state index in [-0.39, 0.29) is 5.91 Å². The van der Waals surface area contributed by atoms with Gasteiger partial charge in [0.05, 0.1) is 0 Å². The molecular weight excluding hydrogens is 228 g/mol. The summed E-state index contributed by atoms with van der Waals surface area (Å²) in [6.07, 6.45) is 7.52. The van der Waals surface area contributed by atoms with Crippen LogP contribution in [0.15, 0.2) is 18.5 Å². The number of amides is 1. The summed E-state index contributed by atoms with van der Waals surface area (Å²) in [4.78, 5) is 14.1. The molecule has 1 aromatic heterocycles. The van der Waals surface area contributed by atoms with Crippen molar-refractivity contribution in [3.63, 3.8) is 0 Å². The number of piperidine rings is 1. The van der Waals surface area contributed by atoms with E-state index in [0.29, 0.717) is 18.9 Å². The molecule has 2 N–H and O–H groups in total. The fourth-order valence-electron chi connectivity index (χ4n) is 2.56. The topological polar surface area (TPSA) is 64.2 Å². The lowest BCUT2D eigenvalue weighted by atomic mass is 9.94. The van der Waals surface area contributed by atoms with Crippen molar-refractivity contribution in [1.82, 2.24) is 14.7 Å².